The summed E-state index contributed by atoms with van der Waals surface area (Å²) in [6.45, 7) is 1.39. The Morgan fingerprint density at radius 3 is 2.85 bits per heavy atom. The van der Waals surface area contributed by atoms with Crippen molar-refractivity contribution in [2.45, 2.75) is 42.7 Å². The van der Waals surface area contributed by atoms with E-state index in [4.69, 9.17) is 9.15 Å². The van der Waals surface area contributed by atoms with Crippen molar-refractivity contribution in [3.05, 3.63) is 28.3 Å². The van der Waals surface area contributed by atoms with E-state index in [0.717, 1.165) is 25.7 Å². The van der Waals surface area contributed by atoms with Crippen molar-refractivity contribution in [3.63, 3.8) is 0 Å². The van der Waals surface area contributed by atoms with Gasteiger partial charge in [-0.05, 0) is 12.8 Å². The number of ether oxygens (including phenoxy) is 1. The van der Waals surface area contributed by atoms with Crippen molar-refractivity contribution in [1.82, 2.24) is 10.2 Å². The SMILES string of the molecule is CC(=O)Nc1nnc(SCc2cc(=O)c(OC(=O)C3CCCC3)co2)s1. The highest BCUT2D eigenvalue weighted by Crippen LogP contribution is 2.29. The highest BCUT2D eigenvalue weighted by atomic mass is 32.2. The van der Waals surface area contributed by atoms with Crippen molar-refractivity contribution in [3.8, 4) is 5.75 Å². The maximum Gasteiger partial charge on any atom is 0.314 e. The zero-order chi connectivity index (χ0) is 18.5. The van der Waals surface area contributed by atoms with Gasteiger partial charge in [-0.2, -0.15) is 0 Å². The number of hydrogen-bond acceptors (Lipinski definition) is 9. The van der Waals surface area contributed by atoms with Gasteiger partial charge in [0.15, 0.2) is 4.34 Å². The molecule has 0 radical (unpaired) electrons. The number of carbonyl (C=O) groups excluding carboxylic acids is 2. The van der Waals surface area contributed by atoms with Crippen LogP contribution in [0.15, 0.2) is 25.9 Å². The number of carbonyl (C=O) groups is 2. The lowest BCUT2D eigenvalue weighted by molar-refractivity contribution is -0.138. The fourth-order valence-corrected chi connectivity index (χ4v) is 4.23. The lowest BCUT2D eigenvalue weighted by atomic mass is 10.1. The van der Waals surface area contributed by atoms with Crippen molar-refractivity contribution >= 4 is 40.1 Å². The molecule has 26 heavy (non-hydrogen) atoms. The number of thioether (sulfide) groups is 1. The Morgan fingerprint density at radius 2 is 2.15 bits per heavy atom. The minimum Gasteiger partial charge on any atom is -0.464 e. The van der Waals surface area contributed by atoms with Gasteiger partial charge in [-0.25, -0.2) is 0 Å². The first-order chi connectivity index (χ1) is 12.5. The fourth-order valence-electron chi connectivity index (χ4n) is 2.54. The highest BCUT2D eigenvalue weighted by molar-refractivity contribution is 8.00. The van der Waals surface area contributed by atoms with E-state index in [2.05, 4.69) is 15.5 Å². The Labute approximate surface area is 157 Å². The number of aromatic nitrogens is 2. The van der Waals surface area contributed by atoms with Gasteiger partial charge in [-0.3, -0.25) is 14.4 Å². The Hall–Kier alpha value is -2.20. The van der Waals surface area contributed by atoms with Crippen LogP contribution in [0.5, 0.6) is 5.75 Å². The first-order valence-electron chi connectivity index (χ1n) is 8.08. The highest BCUT2D eigenvalue weighted by Gasteiger charge is 2.25. The lowest BCUT2D eigenvalue weighted by Crippen LogP contribution is -2.21. The second kappa shape index (κ2) is 8.45. The lowest BCUT2D eigenvalue weighted by Gasteiger charge is -2.08. The van der Waals surface area contributed by atoms with Crippen LogP contribution in [0.25, 0.3) is 0 Å². The summed E-state index contributed by atoms with van der Waals surface area (Å²) in [5.41, 5.74) is -0.394. The predicted molar refractivity (Wildman–Crippen MR) is 96.3 cm³/mol. The van der Waals surface area contributed by atoms with E-state index < -0.39 is 5.43 Å². The zero-order valence-electron chi connectivity index (χ0n) is 14.0. The van der Waals surface area contributed by atoms with E-state index in [0.29, 0.717) is 21.0 Å². The molecule has 1 N–H and O–H groups in total. The summed E-state index contributed by atoms with van der Waals surface area (Å²) in [5.74, 6) is -0.000120. The molecule has 10 heteroatoms. The van der Waals surface area contributed by atoms with Crippen molar-refractivity contribution < 1.29 is 18.7 Å². The maximum absolute atomic E-state index is 12.1. The monoisotopic (exact) mass is 395 g/mol. The molecule has 1 aliphatic carbocycles. The molecule has 8 nitrogen and oxygen atoms in total. The van der Waals surface area contributed by atoms with Crippen molar-refractivity contribution in [2.75, 3.05) is 5.32 Å². The second-order valence-electron chi connectivity index (χ2n) is 5.82. The van der Waals surface area contributed by atoms with E-state index >= 15 is 0 Å². The number of amides is 1. The largest absolute Gasteiger partial charge is 0.464 e. The predicted octanol–water partition coefficient (Wildman–Crippen LogP) is 2.84. The van der Waals surface area contributed by atoms with Crippen LogP contribution in [0.2, 0.25) is 0 Å². The Kier molecular flexibility index (Phi) is 6.04. The molecule has 1 saturated carbocycles. The molecule has 0 saturated heterocycles. The van der Waals surface area contributed by atoms with Gasteiger partial charge < -0.3 is 14.5 Å². The molecule has 2 aromatic rings. The molecule has 0 unspecified atom stereocenters. The number of rotatable bonds is 6. The van der Waals surface area contributed by atoms with E-state index in [9.17, 15) is 14.4 Å². The number of anilines is 1. The van der Waals surface area contributed by atoms with Gasteiger partial charge in [0.25, 0.3) is 0 Å². The molecule has 138 valence electrons. The standard InChI is InChI=1S/C16H17N3O5S2/c1-9(20)17-15-18-19-16(26-15)25-8-11-6-12(21)13(7-23-11)24-14(22)10-4-2-3-5-10/h6-7,10H,2-5,8H2,1H3,(H,17,18,20). The molecule has 1 fully saturated rings. The Balaban J connectivity index is 1.57. The molecular weight excluding hydrogens is 378 g/mol. The van der Waals surface area contributed by atoms with E-state index in [1.165, 1.54) is 42.4 Å². The number of esters is 1. The van der Waals surface area contributed by atoms with Crippen LogP contribution >= 0.6 is 23.1 Å². The second-order valence-corrected chi connectivity index (χ2v) is 8.02. The summed E-state index contributed by atoms with van der Waals surface area (Å²) in [6.07, 6.45) is 4.82. The van der Waals surface area contributed by atoms with Crippen molar-refractivity contribution in [2.24, 2.45) is 5.92 Å². The topological polar surface area (TPSA) is 111 Å². The quantitative estimate of drug-likeness (QED) is 0.451. The molecule has 0 aromatic carbocycles. The van der Waals surface area contributed by atoms with Crippen LogP contribution in [-0.2, 0) is 15.3 Å². The normalized spacial score (nSPS) is 14.3. The molecule has 2 aromatic heterocycles. The summed E-state index contributed by atoms with van der Waals surface area (Å²) in [6, 6.07) is 1.31. The summed E-state index contributed by atoms with van der Waals surface area (Å²) in [5, 5.41) is 10.7. The summed E-state index contributed by atoms with van der Waals surface area (Å²) < 4.78 is 11.2. The van der Waals surface area contributed by atoms with E-state index in [-0.39, 0.29) is 23.5 Å². The van der Waals surface area contributed by atoms with Gasteiger partial charge in [0.2, 0.25) is 22.2 Å². The summed E-state index contributed by atoms with van der Waals surface area (Å²) in [7, 11) is 0. The van der Waals surface area contributed by atoms with Crippen LogP contribution in [0.1, 0.15) is 38.4 Å². The number of nitrogens with one attached hydrogen (secondary N) is 1. The first-order valence-corrected chi connectivity index (χ1v) is 9.89. The average Bonchev–Trinajstić information content (AvgIpc) is 3.26. The van der Waals surface area contributed by atoms with E-state index in [1.807, 2.05) is 0 Å². The Bertz CT molecular complexity index is 858. The minimum absolute atomic E-state index is 0.0838. The average molecular weight is 395 g/mol. The van der Waals surface area contributed by atoms with Gasteiger partial charge >= 0.3 is 5.97 Å². The molecule has 1 amide bonds. The van der Waals surface area contributed by atoms with Gasteiger partial charge in [0, 0.05) is 13.0 Å². The van der Waals surface area contributed by atoms with E-state index in [1.54, 1.807) is 0 Å². The van der Waals surface area contributed by atoms with Crippen LogP contribution < -0.4 is 15.5 Å². The van der Waals surface area contributed by atoms with Gasteiger partial charge in [-0.15, -0.1) is 10.2 Å². The molecule has 1 aliphatic rings. The molecule has 0 spiro atoms. The van der Waals surface area contributed by atoms with Crippen molar-refractivity contribution in [1.29, 1.82) is 0 Å². The maximum atomic E-state index is 12.1. The van der Waals surface area contributed by atoms with Gasteiger partial charge in [-0.1, -0.05) is 35.9 Å². The summed E-state index contributed by atoms with van der Waals surface area (Å²) in [4.78, 5) is 35.1. The van der Waals surface area contributed by atoms with Crippen LogP contribution in [0, 0.1) is 5.92 Å². The summed E-state index contributed by atoms with van der Waals surface area (Å²) >= 11 is 2.55. The molecule has 3 rings (SSSR count). The minimum atomic E-state index is -0.394. The zero-order valence-corrected chi connectivity index (χ0v) is 15.7. The first kappa shape index (κ1) is 18.6. The van der Waals surface area contributed by atoms with Crippen LogP contribution in [0.3, 0.4) is 0 Å². The molecular formula is C16H17N3O5S2. The third kappa shape index (κ3) is 4.92. The molecule has 2 heterocycles. The number of nitrogens with zero attached hydrogens (tertiary/aromatic N) is 2. The van der Waals surface area contributed by atoms with Crippen LogP contribution in [0.4, 0.5) is 5.13 Å². The molecule has 0 atom stereocenters. The third-order valence-corrected chi connectivity index (χ3v) is 5.77. The number of hydrogen-bond donors (Lipinski definition) is 1. The Morgan fingerprint density at radius 1 is 1.38 bits per heavy atom. The van der Waals surface area contributed by atoms with Gasteiger partial charge in [0.05, 0.1) is 11.7 Å². The third-order valence-electron chi connectivity index (χ3n) is 3.78. The molecule has 0 bridgehead atoms. The van der Waals surface area contributed by atoms with Gasteiger partial charge in [0.1, 0.15) is 12.0 Å². The fraction of sp³-hybridized carbons (Fsp3) is 0.438. The van der Waals surface area contributed by atoms with Crippen LogP contribution in [-0.4, -0.2) is 22.1 Å². The smallest absolute Gasteiger partial charge is 0.314 e. The molecule has 0 aliphatic heterocycles.